The summed E-state index contributed by atoms with van der Waals surface area (Å²) in [7, 11) is -3.18. The lowest BCUT2D eigenvalue weighted by Crippen LogP contribution is -2.25. The van der Waals surface area contributed by atoms with Gasteiger partial charge in [0.15, 0.2) is 9.84 Å². The molecule has 0 bridgehead atoms. The molecular formula is C95H100BrCl8N29O6S. The lowest BCUT2D eigenvalue weighted by Gasteiger charge is -2.27. The topological polar surface area (TPSA) is 497 Å². The summed E-state index contributed by atoms with van der Waals surface area (Å²) in [5.74, 6) is 8.20. The zero-order valence-corrected chi connectivity index (χ0v) is 84.4. The van der Waals surface area contributed by atoms with Crippen LogP contribution in [0.4, 0.5) is 128 Å². The van der Waals surface area contributed by atoms with Gasteiger partial charge in [-0.2, -0.15) is 44.5 Å². The number of halogens is 9. The van der Waals surface area contributed by atoms with Gasteiger partial charge in [0.25, 0.3) is 5.69 Å². The van der Waals surface area contributed by atoms with E-state index in [9.17, 15) is 18.5 Å². The number of para-hydroxylation sites is 3. The summed E-state index contributed by atoms with van der Waals surface area (Å²) in [6, 6.07) is 71.8. The maximum absolute atomic E-state index is 11.6. The number of fused-ring (bicyclic) bond motifs is 7. The number of carbonyl (C=O) groups excluding carboxylic acids is 2. The predicted octanol–water partition coefficient (Wildman–Crippen LogP) is 18.4. The maximum atomic E-state index is 11.6. The highest BCUT2D eigenvalue weighted by atomic mass is 79.9. The second kappa shape index (κ2) is 50.6. The average molecular weight is 2140 g/mol. The van der Waals surface area contributed by atoms with E-state index in [0.29, 0.717) is 52.4 Å². The Morgan fingerprint density at radius 2 is 0.729 bits per heavy atom. The Morgan fingerprint density at radius 1 is 0.379 bits per heavy atom. The fraction of sp³-hybridized carbons (Fsp3) is 0.189. The fourth-order valence-electron chi connectivity index (χ4n) is 17.1. The fourth-order valence-corrected chi connectivity index (χ4v) is 18.3. The molecular weight excluding hydrogens is 2040 g/mol. The second-order valence-electron chi connectivity index (χ2n) is 31.6. The van der Waals surface area contributed by atoms with Crippen LogP contribution in [0.1, 0.15) is 77.2 Å². The Labute approximate surface area is 865 Å². The van der Waals surface area contributed by atoms with Gasteiger partial charge in [-0.15, -0.1) is 86.8 Å². The number of sulfone groups is 1. The largest absolute Gasteiger partial charge is 0.373 e. The molecule has 140 heavy (non-hydrogen) atoms. The Morgan fingerprint density at radius 3 is 1.19 bits per heavy atom. The number of nitrogen functional groups attached to an aromatic ring is 7. The van der Waals surface area contributed by atoms with Crippen LogP contribution in [0.2, 0.25) is 5.02 Å². The van der Waals surface area contributed by atoms with E-state index in [1.807, 2.05) is 89.5 Å². The van der Waals surface area contributed by atoms with E-state index in [2.05, 4.69) is 227 Å². The number of rotatable bonds is 10. The third kappa shape index (κ3) is 26.5. The summed E-state index contributed by atoms with van der Waals surface area (Å²) in [5.41, 5.74) is 57.3. The normalized spacial score (nSPS) is 14.9. The molecule has 0 spiro atoms. The highest BCUT2D eigenvalue weighted by molar-refractivity contribution is 9.10. The number of aromatic nitrogens is 14. The summed E-state index contributed by atoms with van der Waals surface area (Å²) in [6.07, 6.45) is 18.7. The van der Waals surface area contributed by atoms with Gasteiger partial charge in [0.05, 0.1) is 15.9 Å². The predicted molar refractivity (Wildman–Crippen MR) is 572 cm³/mol. The molecule has 15 aromatic rings. The van der Waals surface area contributed by atoms with Crippen LogP contribution in [0, 0.1) is 10.1 Å². The first kappa shape index (κ1) is 111. The quantitative estimate of drug-likeness (QED) is 0.0494. The zero-order valence-electron chi connectivity index (χ0n) is 75.6. The molecule has 14 heterocycles. The molecule has 0 aliphatic carbocycles. The van der Waals surface area contributed by atoms with Crippen molar-refractivity contribution in [2.24, 2.45) is 0 Å². The van der Waals surface area contributed by atoms with E-state index in [1.165, 1.54) is 68.5 Å². The van der Waals surface area contributed by atoms with Crippen LogP contribution < -0.4 is 74.4 Å². The van der Waals surface area contributed by atoms with Gasteiger partial charge >= 0.3 is 6.15 Å². The third-order valence-corrected chi connectivity index (χ3v) is 24.6. The zero-order chi connectivity index (χ0) is 93.6. The highest BCUT2D eigenvalue weighted by Crippen LogP contribution is 2.47. The number of benzene rings is 8. The molecule has 14 N–H and O–H groups in total. The van der Waals surface area contributed by atoms with E-state index < -0.39 is 9.84 Å². The molecule has 45 heteroatoms. The van der Waals surface area contributed by atoms with Gasteiger partial charge in [0.2, 0.25) is 41.6 Å². The van der Waals surface area contributed by atoms with Crippen molar-refractivity contribution in [1.29, 1.82) is 0 Å². The lowest BCUT2D eigenvalue weighted by molar-refractivity contribution is -0.384. The lowest BCUT2D eigenvalue weighted by atomic mass is 10.0. The van der Waals surface area contributed by atoms with E-state index in [1.54, 1.807) is 79.8 Å². The number of hydrogen-bond acceptors (Lipinski definition) is 34. The van der Waals surface area contributed by atoms with Gasteiger partial charge < -0.3 is 74.4 Å². The van der Waals surface area contributed by atoms with E-state index in [4.69, 9.17) is 61.3 Å². The van der Waals surface area contributed by atoms with Crippen molar-refractivity contribution in [3.63, 3.8) is 0 Å². The van der Waals surface area contributed by atoms with Crippen LogP contribution in [-0.2, 0) is 58.0 Å². The minimum atomic E-state index is -3.18. The standard InChI is InChI=1S/C18H16N4.C13H13ClN4.C13H13N5O2.C13H14N4O2S.C13H14N4.C12H11BrN4.C12H12N4.CO2.7ClH/c19-18-20-11-10-17(21-18)22-15-9-5-4-8-14(15)12-16(22)13-6-2-1-3-7-13;1-8-6-9-7-10(14)2-3-11(9)18(8)12-4-5-16-13(15)17-12;1-8-6-9-7-10(18(19)20)2-3-11(9)17(8)12-4-5-15-13(14)16-12;1-20(18,19)10-2-3-11-9(8-10)5-7-17(11)12-4-6-15-13(14)16-12;1-9-8-17(11-5-3-2-4-10(9)11)12-6-7-15-13(14)16-12;13-9-1-2-10-8(7-9)4-6-17(10)11-3-5-15-12(14)16-11;13-12-14-7-5-11(15-12)16-8-6-9-3-1-2-4-10(9)16;2-1-3;;;;;;;/h1-11,16H,12H2,(H2,19,20,21);2-5,7-8H,6H2,1H3,(H2,15,16,17);2-5,7-8H,6H2,1H3,(H2,14,15,16);2-4,6,8H,5,7H2,1H3,(H2,14,15,16);2-7,9H,8H2,1H3,(H2,14,15,16);1-3,5,7H,4,6H2,(H2,14,15,16);1-5,7H,6,8H2,(H2,13,14,15);;7*1H. The van der Waals surface area contributed by atoms with Crippen molar-refractivity contribution in [2.75, 3.05) is 107 Å². The Balaban J connectivity index is 0.000000198. The van der Waals surface area contributed by atoms with Crippen LogP contribution in [0.5, 0.6) is 0 Å². The smallest absolute Gasteiger partial charge is 0.368 e. The van der Waals surface area contributed by atoms with E-state index in [-0.39, 0.29) is 128 Å². The maximum Gasteiger partial charge on any atom is 0.373 e. The molecule has 730 valence electrons. The first-order chi connectivity index (χ1) is 64.2. The number of nitrogens with zero attached hydrogens (tertiary/aromatic N) is 22. The minimum absolute atomic E-state index is 0. The SMILES string of the molecule is CC1CN(c2ccnc(N)n2)c2ccccc21.CC1Cc2cc(Cl)ccc2N1c1ccnc(N)n1.CC1Cc2cc([N+](=O)[O-])ccc2N1c1ccnc(N)n1.CS(=O)(=O)c1ccc2c(c1)CCN2c1ccnc(N)n1.Cl.Cl.Cl.Cl.Cl.Cl.Cl.Nc1nccc(N2CCc3cc(Br)ccc32)n1.Nc1nccc(N2CCc3ccccc32)n1.Nc1nccc(N2c3ccccc3CC2c2ccccc2)n1.O=C=O. The summed E-state index contributed by atoms with van der Waals surface area (Å²) in [4.78, 5) is 99.4. The molecule has 4 unspecified atom stereocenters. The van der Waals surface area contributed by atoms with Crippen molar-refractivity contribution in [2.45, 2.75) is 88.2 Å². The number of nitrogens with two attached hydrogens (primary N) is 7. The third-order valence-electron chi connectivity index (χ3n) is 22.8. The van der Waals surface area contributed by atoms with Gasteiger partial charge in [-0.25, -0.2) is 43.3 Å². The Hall–Kier alpha value is -14.0. The summed E-state index contributed by atoms with van der Waals surface area (Å²) in [6.45, 7) is 10.0. The molecule has 7 aliphatic rings. The van der Waals surface area contributed by atoms with Crippen molar-refractivity contribution in [1.82, 2.24) is 69.8 Å². The summed E-state index contributed by atoms with van der Waals surface area (Å²) >= 11 is 9.51. The van der Waals surface area contributed by atoms with E-state index in [0.717, 1.165) is 137 Å². The first-order valence-electron chi connectivity index (χ1n) is 42.3. The number of hydrogen-bond donors (Lipinski definition) is 7. The van der Waals surface area contributed by atoms with Crippen LogP contribution in [0.15, 0.2) is 271 Å². The number of nitro groups is 1. The van der Waals surface area contributed by atoms with Crippen LogP contribution in [0.3, 0.4) is 0 Å². The molecule has 0 saturated carbocycles. The molecule has 0 fully saturated rings. The molecule has 0 saturated heterocycles. The molecule has 8 aromatic carbocycles. The van der Waals surface area contributed by atoms with Gasteiger partial charge in [0, 0.05) is 155 Å². The molecule has 7 aliphatic heterocycles. The van der Waals surface area contributed by atoms with Gasteiger partial charge in [-0.05, 0) is 218 Å². The molecule has 22 rings (SSSR count). The monoisotopic (exact) mass is 2130 g/mol. The molecule has 4 atom stereocenters. The number of nitro benzene ring substituents is 1. The van der Waals surface area contributed by atoms with Crippen LogP contribution >= 0.6 is 114 Å². The Bertz CT molecular complexity index is 6910. The Kier molecular flexibility index (Phi) is 40.2. The second-order valence-corrected chi connectivity index (χ2v) is 34.9. The molecule has 0 radical (unpaired) electrons. The van der Waals surface area contributed by atoms with Crippen LogP contribution in [0.25, 0.3) is 0 Å². The van der Waals surface area contributed by atoms with E-state index >= 15 is 0 Å². The van der Waals surface area contributed by atoms with Gasteiger partial charge in [-0.1, -0.05) is 119 Å². The van der Waals surface area contributed by atoms with Crippen molar-refractivity contribution >= 4 is 258 Å². The summed E-state index contributed by atoms with van der Waals surface area (Å²) in [5, 5.41) is 11.6. The first-order valence-corrected chi connectivity index (χ1v) is 45.3. The highest BCUT2D eigenvalue weighted by Gasteiger charge is 2.35. The van der Waals surface area contributed by atoms with Crippen molar-refractivity contribution in [3.05, 3.63) is 326 Å². The number of non-ortho nitro benzene ring substituents is 1. The van der Waals surface area contributed by atoms with Crippen molar-refractivity contribution < 1.29 is 22.9 Å². The minimum Gasteiger partial charge on any atom is -0.368 e. The molecule has 35 nitrogen and oxygen atoms in total. The molecule has 0 amide bonds. The molecule has 7 aromatic heterocycles. The average Bonchev–Trinajstić information content (AvgIpc) is 1.64. The van der Waals surface area contributed by atoms with Gasteiger partial charge in [0.1, 0.15) is 40.7 Å². The van der Waals surface area contributed by atoms with Crippen LogP contribution in [-0.4, -0.2) is 134 Å². The van der Waals surface area contributed by atoms with Crippen molar-refractivity contribution in [3.8, 4) is 0 Å². The van der Waals surface area contributed by atoms with Gasteiger partial charge in [-0.3, -0.25) is 10.1 Å². The summed E-state index contributed by atoms with van der Waals surface area (Å²) < 4.78 is 24.3. The number of anilines is 21.